The minimum atomic E-state index is -0.852. The van der Waals surface area contributed by atoms with Crippen molar-refractivity contribution in [2.45, 2.75) is 25.9 Å². The maximum absolute atomic E-state index is 12.4. The van der Waals surface area contributed by atoms with E-state index in [0.717, 1.165) is 30.1 Å². The first-order valence-corrected chi connectivity index (χ1v) is 10.2. The van der Waals surface area contributed by atoms with Crippen molar-refractivity contribution in [1.82, 2.24) is 25.5 Å². The number of nitrogens with one attached hydrogen (secondary N) is 3. The Labute approximate surface area is 176 Å². The minimum absolute atomic E-state index is 0.0971. The number of carbonyl (C=O) groups excluding carboxylic acids is 3. The van der Waals surface area contributed by atoms with E-state index in [9.17, 15) is 14.4 Å². The van der Waals surface area contributed by atoms with Crippen LogP contribution >= 0.6 is 22.9 Å². The molecule has 154 valence electrons. The molecule has 0 bridgehead atoms. The van der Waals surface area contributed by atoms with Crippen molar-refractivity contribution >= 4 is 46.5 Å². The fourth-order valence-corrected chi connectivity index (χ4v) is 3.91. The van der Waals surface area contributed by atoms with E-state index in [1.165, 1.54) is 23.6 Å². The lowest BCUT2D eigenvalue weighted by Crippen LogP contribution is -2.44. The summed E-state index contributed by atoms with van der Waals surface area (Å²) in [5.74, 6) is -1.75. The van der Waals surface area contributed by atoms with Gasteiger partial charge in [-0.1, -0.05) is 11.6 Å². The zero-order valence-electron chi connectivity index (χ0n) is 16.0. The third-order valence-electron chi connectivity index (χ3n) is 4.24. The number of fused-ring (bicyclic) bond motifs is 1. The van der Waals surface area contributed by atoms with Crippen LogP contribution in [0.15, 0.2) is 18.3 Å². The molecule has 3 heterocycles. The van der Waals surface area contributed by atoms with Gasteiger partial charge in [0.15, 0.2) is 5.01 Å². The van der Waals surface area contributed by atoms with Crippen molar-refractivity contribution in [3.8, 4) is 0 Å². The number of carbonyl (C=O) groups is 3. The lowest BCUT2D eigenvalue weighted by Gasteiger charge is -2.20. The molecule has 0 spiro atoms. The van der Waals surface area contributed by atoms with Gasteiger partial charge in [-0.05, 0) is 26.1 Å². The SMILES string of the molecule is C[C@H](CNC(=O)C(=O)Nc1ccc(Cl)cn1)NC(=O)c1nc2c(s1)CN(C)CC2. The Bertz CT molecular complexity index is 917. The largest absolute Gasteiger partial charge is 0.346 e. The predicted molar refractivity (Wildman–Crippen MR) is 110 cm³/mol. The molecule has 9 nitrogen and oxygen atoms in total. The monoisotopic (exact) mass is 436 g/mol. The molecule has 29 heavy (non-hydrogen) atoms. The van der Waals surface area contributed by atoms with Crippen LogP contribution in [0.1, 0.15) is 27.3 Å². The van der Waals surface area contributed by atoms with Gasteiger partial charge < -0.3 is 20.9 Å². The van der Waals surface area contributed by atoms with E-state index < -0.39 is 11.8 Å². The molecule has 0 fully saturated rings. The Morgan fingerprint density at radius 1 is 1.31 bits per heavy atom. The van der Waals surface area contributed by atoms with Gasteiger partial charge in [-0.25, -0.2) is 9.97 Å². The first-order valence-electron chi connectivity index (χ1n) is 9.00. The topological polar surface area (TPSA) is 116 Å². The van der Waals surface area contributed by atoms with Crippen LogP contribution in [0.25, 0.3) is 0 Å². The predicted octanol–water partition coefficient (Wildman–Crippen LogP) is 1.05. The minimum Gasteiger partial charge on any atom is -0.346 e. The first-order chi connectivity index (χ1) is 13.8. The summed E-state index contributed by atoms with van der Waals surface area (Å²) in [5, 5.41) is 8.47. The maximum Gasteiger partial charge on any atom is 0.314 e. The molecular weight excluding hydrogens is 416 g/mol. The molecule has 0 radical (unpaired) electrons. The summed E-state index contributed by atoms with van der Waals surface area (Å²) in [6, 6.07) is 2.66. The lowest BCUT2D eigenvalue weighted by atomic mass is 10.2. The molecular formula is C18H21ClN6O3S. The Balaban J connectivity index is 1.46. The highest BCUT2D eigenvalue weighted by Gasteiger charge is 2.22. The number of rotatable bonds is 5. The van der Waals surface area contributed by atoms with Crippen LogP contribution in [-0.4, -0.2) is 58.8 Å². The number of amides is 3. The van der Waals surface area contributed by atoms with E-state index in [0.29, 0.717) is 10.0 Å². The number of aromatic nitrogens is 2. The molecule has 3 rings (SSSR count). The van der Waals surface area contributed by atoms with Gasteiger partial charge in [-0.15, -0.1) is 11.3 Å². The van der Waals surface area contributed by atoms with Crippen molar-refractivity contribution in [1.29, 1.82) is 0 Å². The van der Waals surface area contributed by atoms with Crippen LogP contribution in [0.4, 0.5) is 5.82 Å². The Hall–Kier alpha value is -2.56. The second-order valence-electron chi connectivity index (χ2n) is 6.78. The molecule has 0 unspecified atom stereocenters. The number of anilines is 1. The van der Waals surface area contributed by atoms with Crippen molar-refractivity contribution in [2.24, 2.45) is 0 Å². The second kappa shape index (κ2) is 9.29. The Morgan fingerprint density at radius 3 is 2.83 bits per heavy atom. The summed E-state index contributed by atoms with van der Waals surface area (Å²) in [4.78, 5) is 47.9. The van der Waals surface area contributed by atoms with Gasteiger partial charge in [0.05, 0.1) is 10.7 Å². The van der Waals surface area contributed by atoms with Gasteiger partial charge in [0.2, 0.25) is 0 Å². The number of hydrogen-bond donors (Lipinski definition) is 3. The molecule has 0 saturated heterocycles. The highest BCUT2D eigenvalue weighted by atomic mass is 35.5. The van der Waals surface area contributed by atoms with E-state index in [4.69, 9.17) is 11.6 Å². The van der Waals surface area contributed by atoms with Crippen molar-refractivity contribution in [3.63, 3.8) is 0 Å². The fourth-order valence-electron chi connectivity index (χ4n) is 2.71. The molecule has 2 aromatic heterocycles. The molecule has 3 amide bonds. The first kappa shape index (κ1) is 21.2. The molecule has 2 aromatic rings. The van der Waals surface area contributed by atoms with Crippen molar-refractivity contribution < 1.29 is 14.4 Å². The molecule has 3 N–H and O–H groups in total. The average molecular weight is 437 g/mol. The van der Waals surface area contributed by atoms with Gasteiger partial charge in [-0.3, -0.25) is 14.4 Å². The summed E-state index contributed by atoms with van der Waals surface area (Å²) in [5.41, 5.74) is 0.978. The van der Waals surface area contributed by atoms with E-state index >= 15 is 0 Å². The molecule has 1 atom stereocenters. The molecule has 0 saturated carbocycles. The molecule has 0 aromatic carbocycles. The van der Waals surface area contributed by atoms with E-state index in [2.05, 4.69) is 30.8 Å². The molecule has 1 aliphatic rings. The summed E-state index contributed by atoms with van der Waals surface area (Å²) in [6.45, 7) is 3.55. The van der Waals surface area contributed by atoms with E-state index in [1.807, 2.05) is 7.05 Å². The molecule has 11 heteroatoms. The van der Waals surface area contributed by atoms with Crippen LogP contribution in [0.3, 0.4) is 0 Å². The van der Waals surface area contributed by atoms with Crippen molar-refractivity contribution in [2.75, 3.05) is 25.5 Å². The smallest absolute Gasteiger partial charge is 0.314 e. The number of pyridine rings is 1. The van der Waals surface area contributed by atoms with Gasteiger partial charge in [-0.2, -0.15) is 0 Å². The molecule has 0 aliphatic carbocycles. The van der Waals surface area contributed by atoms with E-state index in [1.54, 1.807) is 13.0 Å². The quantitative estimate of drug-likeness (QED) is 0.603. The average Bonchev–Trinajstić information content (AvgIpc) is 3.11. The third-order valence-corrected chi connectivity index (χ3v) is 5.54. The number of nitrogens with zero attached hydrogens (tertiary/aromatic N) is 3. The number of thiazole rings is 1. The van der Waals surface area contributed by atoms with Gasteiger partial charge in [0.1, 0.15) is 5.82 Å². The summed E-state index contributed by atoms with van der Waals surface area (Å²) in [6.07, 6.45) is 2.19. The summed E-state index contributed by atoms with van der Waals surface area (Å²) >= 11 is 7.11. The lowest BCUT2D eigenvalue weighted by molar-refractivity contribution is -0.136. The standard InChI is InChI=1S/C18H21ClN6O3S/c1-10(7-21-15(26)16(27)24-14-4-3-11(19)8-20-14)22-17(28)18-23-12-5-6-25(2)9-13(12)29-18/h3-4,8,10H,5-7,9H2,1-2H3,(H,21,26)(H,22,28)(H,20,24,27)/t10-/m1/s1. The number of halogens is 1. The molecule has 1 aliphatic heterocycles. The zero-order chi connectivity index (χ0) is 21.0. The highest BCUT2D eigenvalue weighted by molar-refractivity contribution is 7.13. The van der Waals surface area contributed by atoms with Gasteiger partial charge in [0, 0.05) is 43.2 Å². The van der Waals surface area contributed by atoms with Gasteiger partial charge in [0.25, 0.3) is 5.91 Å². The zero-order valence-corrected chi connectivity index (χ0v) is 17.6. The Kier molecular flexibility index (Phi) is 6.78. The van der Waals surface area contributed by atoms with Crippen LogP contribution in [0, 0.1) is 0 Å². The van der Waals surface area contributed by atoms with E-state index in [-0.39, 0.29) is 24.3 Å². The van der Waals surface area contributed by atoms with Crippen LogP contribution in [0.2, 0.25) is 5.02 Å². The summed E-state index contributed by atoms with van der Waals surface area (Å²) in [7, 11) is 2.03. The number of likely N-dealkylation sites (N-methyl/N-ethyl adjacent to an activating group) is 1. The second-order valence-corrected chi connectivity index (χ2v) is 8.30. The normalized spacial score (nSPS) is 14.6. The highest BCUT2D eigenvalue weighted by Crippen LogP contribution is 2.24. The number of hydrogen-bond acceptors (Lipinski definition) is 7. The van der Waals surface area contributed by atoms with Gasteiger partial charge >= 0.3 is 11.8 Å². The fraction of sp³-hybridized carbons (Fsp3) is 0.389. The van der Waals surface area contributed by atoms with Crippen LogP contribution in [-0.2, 0) is 22.6 Å². The third kappa shape index (κ3) is 5.72. The van der Waals surface area contributed by atoms with Crippen LogP contribution < -0.4 is 16.0 Å². The Morgan fingerprint density at radius 2 is 2.10 bits per heavy atom. The van der Waals surface area contributed by atoms with Crippen molar-refractivity contribution in [3.05, 3.63) is 38.9 Å². The summed E-state index contributed by atoms with van der Waals surface area (Å²) < 4.78 is 0. The van der Waals surface area contributed by atoms with Crippen LogP contribution in [0.5, 0.6) is 0 Å². The maximum atomic E-state index is 12.4.